The normalized spacial score (nSPS) is 11.6. The molecule has 25 heavy (non-hydrogen) atoms. The molecule has 3 N–H and O–H groups in total. The number of nitrogens with one attached hydrogen (secondary N) is 1. The average Bonchev–Trinajstić information content (AvgIpc) is 3.04. The quantitative estimate of drug-likeness (QED) is 0.545. The monoisotopic (exact) mass is 356 g/mol. The van der Waals surface area contributed by atoms with Gasteiger partial charge in [-0.3, -0.25) is 0 Å². The number of thiazole rings is 1. The molecule has 3 aromatic rings. The van der Waals surface area contributed by atoms with Crippen LogP contribution in [0.25, 0.3) is 21.1 Å². The number of anilines is 1. The molecule has 0 radical (unpaired) electrons. The van der Waals surface area contributed by atoms with Crippen LogP contribution in [0.3, 0.4) is 0 Å². The van der Waals surface area contributed by atoms with Gasteiger partial charge in [0.25, 0.3) is 0 Å². The highest BCUT2D eigenvalue weighted by Crippen LogP contribution is 2.35. The van der Waals surface area contributed by atoms with Crippen molar-refractivity contribution in [1.82, 2.24) is 15.3 Å². The Labute approximate surface area is 153 Å². The van der Waals surface area contributed by atoms with Gasteiger partial charge in [-0.25, -0.2) is 9.97 Å². The number of hydrogen-bond acceptors (Lipinski definition) is 5. The van der Waals surface area contributed by atoms with Gasteiger partial charge in [0, 0.05) is 5.39 Å². The first-order valence-corrected chi connectivity index (χ1v) is 10.2. The largest absolute Gasteiger partial charge is 0.382 e. The summed E-state index contributed by atoms with van der Waals surface area (Å²) in [5.41, 5.74) is 9.47. The summed E-state index contributed by atoms with van der Waals surface area (Å²) in [7, 11) is 2.01. The van der Waals surface area contributed by atoms with Crippen LogP contribution in [0, 0.1) is 0 Å². The Bertz CT molecular complexity index is 840. The van der Waals surface area contributed by atoms with Crippen LogP contribution in [0.4, 0.5) is 5.82 Å². The molecule has 3 rings (SSSR count). The summed E-state index contributed by atoms with van der Waals surface area (Å²) >= 11 is 1.80. The summed E-state index contributed by atoms with van der Waals surface area (Å²) in [6.07, 6.45) is 8.14. The van der Waals surface area contributed by atoms with E-state index in [1.54, 1.807) is 11.3 Å². The van der Waals surface area contributed by atoms with Crippen molar-refractivity contribution in [3.05, 3.63) is 28.8 Å². The third-order valence-electron chi connectivity index (χ3n) is 4.63. The van der Waals surface area contributed by atoms with Crippen molar-refractivity contribution >= 4 is 38.3 Å². The number of aryl methyl sites for hydroxylation is 2. The summed E-state index contributed by atoms with van der Waals surface area (Å²) in [5, 5.41) is 5.66. The van der Waals surface area contributed by atoms with E-state index in [-0.39, 0.29) is 0 Å². The van der Waals surface area contributed by atoms with E-state index in [2.05, 4.69) is 35.4 Å². The second-order valence-electron chi connectivity index (χ2n) is 6.61. The first kappa shape index (κ1) is 18.1. The Kier molecular flexibility index (Phi) is 6.21. The van der Waals surface area contributed by atoms with Crippen molar-refractivity contribution in [1.29, 1.82) is 0 Å². The summed E-state index contributed by atoms with van der Waals surface area (Å²) in [5.74, 6) is 0.563. The van der Waals surface area contributed by atoms with E-state index >= 15 is 0 Å². The third-order valence-corrected chi connectivity index (χ3v) is 5.76. The number of fused-ring (bicyclic) bond motifs is 3. The summed E-state index contributed by atoms with van der Waals surface area (Å²) in [6.45, 7) is 3.30. The fourth-order valence-electron chi connectivity index (χ4n) is 3.27. The minimum Gasteiger partial charge on any atom is -0.382 e. The maximum absolute atomic E-state index is 6.20. The lowest BCUT2D eigenvalue weighted by atomic mass is 10.0. The predicted octanol–water partition coefficient (Wildman–Crippen LogP) is 4.70. The zero-order valence-corrected chi connectivity index (χ0v) is 16.1. The molecule has 2 aromatic heterocycles. The zero-order valence-electron chi connectivity index (χ0n) is 15.3. The lowest BCUT2D eigenvalue weighted by Crippen LogP contribution is -2.07. The van der Waals surface area contributed by atoms with Crippen molar-refractivity contribution in [2.24, 2.45) is 0 Å². The number of nitrogens with zero attached hydrogens (tertiary/aromatic N) is 2. The van der Waals surface area contributed by atoms with Gasteiger partial charge in [0.05, 0.1) is 15.2 Å². The molecule has 0 fully saturated rings. The van der Waals surface area contributed by atoms with Crippen molar-refractivity contribution < 1.29 is 0 Å². The fraction of sp³-hybridized carbons (Fsp3) is 0.500. The second-order valence-corrected chi connectivity index (χ2v) is 7.70. The van der Waals surface area contributed by atoms with Crippen LogP contribution in [-0.4, -0.2) is 23.6 Å². The van der Waals surface area contributed by atoms with E-state index in [1.165, 1.54) is 52.8 Å². The average molecular weight is 357 g/mol. The van der Waals surface area contributed by atoms with E-state index in [0.29, 0.717) is 5.82 Å². The molecule has 0 saturated heterocycles. The van der Waals surface area contributed by atoms with Crippen LogP contribution < -0.4 is 11.1 Å². The van der Waals surface area contributed by atoms with Crippen LogP contribution >= 0.6 is 11.3 Å². The molecular formula is C20H28N4S. The SMILES string of the molecule is CCCCc1nc2c(N)nc3cccc(CCCCCNC)c3c2s1. The summed E-state index contributed by atoms with van der Waals surface area (Å²) in [4.78, 5) is 9.41. The number of unbranched alkanes of at least 4 members (excludes halogenated alkanes) is 3. The fourth-order valence-corrected chi connectivity index (χ4v) is 4.47. The van der Waals surface area contributed by atoms with Gasteiger partial charge in [0.2, 0.25) is 0 Å². The molecule has 0 spiro atoms. The van der Waals surface area contributed by atoms with Gasteiger partial charge in [-0.1, -0.05) is 31.9 Å². The molecule has 0 bridgehead atoms. The van der Waals surface area contributed by atoms with Gasteiger partial charge in [-0.2, -0.15) is 0 Å². The molecule has 0 atom stereocenters. The second kappa shape index (κ2) is 8.59. The Hall–Kier alpha value is -1.72. The lowest BCUT2D eigenvalue weighted by molar-refractivity contribution is 0.643. The van der Waals surface area contributed by atoms with Gasteiger partial charge in [0.15, 0.2) is 5.82 Å². The predicted molar refractivity (Wildman–Crippen MR) is 109 cm³/mol. The number of nitrogen functional groups attached to an aromatic ring is 1. The molecule has 2 heterocycles. The highest BCUT2D eigenvalue weighted by Gasteiger charge is 2.14. The van der Waals surface area contributed by atoms with Crippen LogP contribution in [0.1, 0.15) is 49.6 Å². The van der Waals surface area contributed by atoms with Gasteiger partial charge in [-0.05, 0) is 57.3 Å². The number of benzene rings is 1. The molecule has 0 aliphatic heterocycles. The van der Waals surface area contributed by atoms with E-state index in [9.17, 15) is 0 Å². The molecule has 134 valence electrons. The van der Waals surface area contributed by atoms with Crippen molar-refractivity contribution in [3.63, 3.8) is 0 Å². The first-order valence-electron chi connectivity index (χ1n) is 9.35. The van der Waals surface area contributed by atoms with Gasteiger partial charge in [0.1, 0.15) is 5.52 Å². The number of hydrogen-bond donors (Lipinski definition) is 2. The Balaban J connectivity index is 1.95. The lowest BCUT2D eigenvalue weighted by Gasteiger charge is -2.08. The summed E-state index contributed by atoms with van der Waals surface area (Å²) in [6, 6.07) is 6.41. The van der Waals surface area contributed by atoms with Crippen molar-refractivity contribution in [2.45, 2.75) is 51.9 Å². The van der Waals surface area contributed by atoms with Crippen molar-refractivity contribution in [2.75, 3.05) is 19.3 Å². The van der Waals surface area contributed by atoms with Gasteiger partial charge in [-0.15, -0.1) is 11.3 Å². The smallest absolute Gasteiger partial charge is 0.151 e. The number of rotatable bonds is 9. The molecular weight excluding hydrogens is 328 g/mol. The first-order chi connectivity index (χ1) is 12.2. The van der Waals surface area contributed by atoms with Crippen LogP contribution in [0.2, 0.25) is 0 Å². The topological polar surface area (TPSA) is 63.8 Å². The molecule has 1 aromatic carbocycles. The molecule has 5 heteroatoms. The molecule has 0 saturated carbocycles. The van der Waals surface area contributed by atoms with E-state index in [1.807, 2.05) is 7.05 Å². The number of nitrogens with two attached hydrogens (primary N) is 1. The molecule has 4 nitrogen and oxygen atoms in total. The van der Waals surface area contributed by atoms with Gasteiger partial charge < -0.3 is 11.1 Å². The van der Waals surface area contributed by atoms with E-state index < -0.39 is 0 Å². The maximum Gasteiger partial charge on any atom is 0.151 e. The van der Waals surface area contributed by atoms with E-state index in [0.717, 1.165) is 30.4 Å². The highest BCUT2D eigenvalue weighted by molar-refractivity contribution is 7.19. The highest BCUT2D eigenvalue weighted by atomic mass is 32.1. The van der Waals surface area contributed by atoms with E-state index in [4.69, 9.17) is 10.7 Å². The Morgan fingerprint density at radius 1 is 1.08 bits per heavy atom. The molecule has 0 unspecified atom stereocenters. The maximum atomic E-state index is 6.20. The number of pyridine rings is 1. The van der Waals surface area contributed by atoms with Crippen LogP contribution in [-0.2, 0) is 12.8 Å². The summed E-state index contributed by atoms with van der Waals surface area (Å²) < 4.78 is 1.22. The number of aromatic nitrogens is 2. The van der Waals surface area contributed by atoms with Gasteiger partial charge >= 0.3 is 0 Å². The molecule has 0 aliphatic rings. The molecule has 0 aliphatic carbocycles. The molecule has 0 amide bonds. The Morgan fingerprint density at radius 3 is 2.76 bits per heavy atom. The van der Waals surface area contributed by atoms with Crippen LogP contribution in [0.5, 0.6) is 0 Å². The Morgan fingerprint density at radius 2 is 1.96 bits per heavy atom. The minimum absolute atomic E-state index is 0.563. The minimum atomic E-state index is 0.563. The third kappa shape index (κ3) is 4.10. The standard InChI is InChI=1S/C20H28N4S/c1-3-4-12-16-24-18-19(25-16)17-14(9-6-5-7-13-22-2)10-8-11-15(17)23-20(18)21/h8,10-11,22H,3-7,9,12-13H2,1-2H3,(H2,21,23). The van der Waals surface area contributed by atoms with Crippen molar-refractivity contribution in [3.8, 4) is 0 Å². The van der Waals surface area contributed by atoms with Crippen LogP contribution in [0.15, 0.2) is 18.2 Å². The zero-order chi connectivity index (χ0) is 17.6.